The number of nitrogens with two attached hydrogens (primary N) is 1. The lowest BCUT2D eigenvalue weighted by Crippen LogP contribution is -2.13. The molecule has 0 aliphatic heterocycles. The number of halogens is 1. The van der Waals surface area contributed by atoms with E-state index in [1.54, 1.807) is 37.4 Å². The number of carbonyl (C=O) groups is 1. The Labute approximate surface area is 118 Å². The number of nitrogens with one attached hydrogen (secondary N) is 1. The van der Waals surface area contributed by atoms with E-state index in [9.17, 15) is 4.79 Å². The summed E-state index contributed by atoms with van der Waals surface area (Å²) >= 11 is 3.35. The second kappa shape index (κ2) is 5.71. The summed E-state index contributed by atoms with van der Waals surface area (Å²) in [6.07, 6.45) is 1.44. The number of amides is 1. The van der Waals surface area contributed by atoms with E-state index >= 15 is 0 Å². The van der Waals surface area contributed by atoms with Crippen molar-refractivity contribution in [2.45, 2.75) is 0 Å². The van der Waals surface area contributed by atoms with Crippen molar-refractivity contribution in [3.05, 3.63) is 46.7 Å². The zero-order valence-corrected chi connectivity index (χ0v) is 11.8. The van der Waals surface area contributed by atoms with Crippen LogP contribution >= 0.6 is 15.9 Å². The molecule has 0 saturated heterocycles. The highest BCUT2D eigenvalue weighted by Crippen LogP contribution is 2.24. The quantitative estimate of drug-likeness (QED) is 0.911. The molecule has 98 valence electrons. The van der Waals surface area contributed by atoms with E-state index in [1.807, 2.05) is 0 Å². The molecule has 1 heterocycles. The number of methoxy groups -OCH3 is 1. The summed E-state index contributed by atoms with van der Waals surface area (Å²) < 4.78 is 5.94. The van der Waals surface area contributed by atoms with Crippen LogP contribution in [0.2, 0.25) is 0 Å². The topological polar surface area (TPSA) is 77.2 Å². The van der Waals surface area contributed by atoms with Gasteiger partial charge < -0.3 is 15.8 Å². The van der Waals surface area contributed by atoms with E-state index in [0.29, 0.717) is 22.8 Å². The molecule has 0 aliphatic carbocycles. The molecule has 1 aromatic heterocycles. The van der Waals surface area contributed by atoms with E-state index in [-0.39, 0.29) is 5.91 Å². The number of carbonyl (C=O) groups excluding carboxylic acids is 1. The van der Waals surface area contributed by atoms with Gasteiger partial charge in [0.25, 0.3) is 5.91 Å². The summed E-state index contributed by atoms with van der Waals surface area (Å²) in [5.74, 6) is 0.343. The molecule has 1 amide bonds. The van der Waals surface area contributed by atoms with Crippen molar-refractivity contribution < 1.29 is 9.53 Å². The Kier molecular flexibility index (Phi) is 4.01. The van der Waals surface area contributed by atoms with Gasteiger partial charge in [-0.3, -0.25) is 4.79 Å². The maximum atomic E-state index is 12.0. The van der Waals surface area contributed by atoms with Crippen LogP contribution in [0, 0.1) is 0 Å². The van der Waals surface area contributed by atoms with Crippen LogP contribution in [0.3, 0.4) is 0 Å². The molecular weight excluding hydrogens is 310 g/mol. The summed E-state index contributed by atoms with van der Waals surface area (Å²) in [4.78, 5) is 15.9. The molecular formula is C13H12BrN3O2. The van der Waals surface area contributed by atoms with Gasteiger partial charge in [0.05, 0.1) is 19.0 Å². The molecule has 3 N–H and O–H groups in total. The monoisotopic (exact) mass is 321 g/mol. The van der Waals surface area contributed by atoms with E-state index in [0.717, 1.165) is 4.47 Å². The van der Waals surface area contributed by atoms with E-state index in [1.165, 1.54) is 6.20 Å². The predicted molar refractivity (Wildman–Crippen MR) is 77.3 cm³/mol. The van der Waals surface area contributed by atoms with Gasteiger partial charge >= 0.3 is 0 Å². The Balaban J connectivity index is 2.18. The average molecular weight is 322 g/mol. The van der Waals surface area contributed by atoms with Crippen LogP contribution in [0.15, 0.2) is 41.0 Å². The third-order valence-corrected chi connectivity index (χ3v) is 2.84. The van der Waals surface area contributed by atoms with Gasteiger partial charge in [-0.05, 0) is 24.3 Å². The fourth-order valence-corrected chi connectivity index (χ4v) is 1.96. The molecule has 6 heteroatoms. The van der Waals surface area contributed by atoms with Crippen molar-refractivity contribution in [3.63, 3.8) is 0 Å². The summed E-state index contributed by atoms with van der Waals surface area (Å²) in [5, 5.41) is 2.74. The van der Waals surface area contributed by atoms with Gasteiger partial charge in [0.2, 0.25) is 0 Å². The van der Waals surface area contributed by atoms with Gasteiger partial charge in [0.1, 0.15) is 11.4 Å². The van der Waals surface area contributed by atoms with Crippen molar-refractivity contribution in [1.29, 1.82) is 0 Å². The third kappa shape index (κ3) is 3.45. The molecule has 0 saturated carbocycles. The van der Waals surface area contributed by atoms with Gasteiger partial charge in [0.15, 0.2) is 0 Å². The number of aromatic nitrogens is 1. The van der Waals surface area contributed by atoms with Crippen molar-refractivity contribution in [1.82, 2.24) is 4.98 Å². The summed E-state index contributed by atoms with van der Waals surface area (Å²) in [7, 11) is 1.56. The highest BCUT2D eigenvalue weighted by molar-refractivity contribution is 9.10. The number of nitrogen functional groups attached to an aromatic ring is 1. The van der Waals surface area contributed by atoms with Crippen molar-refractivity contribution in [2.75, 3.05) is 18.2 Å². The predicted octanol–water partition coefficient (Wildman–Crippen LogP) is 2.69. The highest BCUT2D eigenvalue weighted by atomic mass is 79.9. The Morgan fingerprint density at radius 1 is 1.37 bits per heavy atom. The molecule has 5 nitrogen and oxygen atoms in total. The molecule has 0 radical (unpaired) electrons. The fraction of sp³-hybridized carbons (Fsp3) is 0.0769. The van der Waals surface area contributed by atoms with Crippen LogP contribution in [-0.4, -0.2) is 18.0 Å². The highest BCUT2D eigenvalue weighted by Gasteiger charge is 2.08. The van der Waals surface area contributed by atoms with Gasteiger partial charge in [0, 0.05) is 16.2 Å². The number of nitrogens with zero attached hydrogens (tertiary/aromatic N) is 1. The van der Waals surface area contributed by atoms with Crippen LogP contribution in [0.5, 0.6) is 5.75 Å². The number of ether oxygens (including phenoxy) is 1. The minimum atomic E-state index is -0.305. The molecule has 2 rings (SSSR count). The minimum Gasteiger partial charge on any atom is -0.497 e. The lowest BCUT2D eigenvalue weighted by molar-refractivity contribution is 0.102. The zero-order valence-electron chi connectivity index (χ0n) is 10.2. The average Bonchev–Trinajstić information content (AvgIpc) is 2.38. The number of benzene rings is 1. The largest absolute Gasteiger partial charge is 0.497 e. The standard InChI is InChI=1S/C13H12BrN3O2/c1-19-11-5-8(14)4-10(6-11)17-13(18)12-3-2-9(15)7-16-12/h2-7H,15H2,1H3,(H,17,18). The first-order valence-corrected chi connectivity index (χ1v) is 6.25. The second-order valence-corrected chi connectivity index (χ2v) is 4.73. The minimum absolute atomic E-state index is 0.299. The van der Waals surface area contributed by atoms with E-state index in [4.69, 9.17) is 10.5 Å². The lowest BCUT2D eigenvalue weighted by Gasteiger charge is -2.08. The van der Waals surface area contributed by atoms with Gasteiger partial charge in [-0.2, -0.15) is 0 Å². The number of rotatable bonds is 3. The van der Waals surface area contributed by atoms with Crippen molar-refractivity contribution in [3.8, 4) is 5.75 Å². The SMILES string of the molecule is COc1cc(Br)cc(NC(=O)c2ccc(N)cn2)c1. The first-order chi connectivity index (χ1) is 9.08. The molecule has 0 aliphatic rings. The van der Waals surface area contributed by atoms with Crippen molar-refractivity contribution >= 4 is 33.2 Å². The summed E-state index contributed by atoms with van der Waals surface area (Å²) in [6, 6.07) is 8.50. The van der Waals surface area contributed by atoms with Gasteiger partial charge in [-0.15, -0.1) is 0 Å². The molecule has 1 aromatic carbocycles. The Morgan fingerprint density at radius 2 is 2.16 bits per heavy atom. The Hall–Kier alpha value is -2.08. The van der Waals surface area contributed by atoms with Gasteiger partial charge in [-0.1, -0.05) is 15.9 Å². The normalized spacial score (nSPS) is 10.0. The maximum Gasteiger partial charge on any atom is 0.274 e. The van der Waals surface area contributed by atoms with Crippen LogP contribution in [0.25, 0.3) is 0 Å². The molecule has 0 atom stereocenters. The Morgan fingerprint density at radius 3 is 2.79 bits per heavy atom. The zero-order chi connectivity index (χ0) is 13.8. The van der Waals surface area contributed by atoms with E-state index in [2.05, 4.69) is 26.2 Å². The van der Waals surface area contributed by atoms with Gasteiger partial charge in [-0.25, -0.2) is 4.98 Å². The number of hydrogen-bond acceptors (Lipinski definition) is 4. The molecule has 0 bridgehead atoms. The molecule has 0 spiro atoms. The second-order valence-electron chi connectivity index (χ2n) is 3.81. The fourth-order valence-electron chi connectivity index (χ4n) is 1.49. The van der Waals surface area contributed by atoms with Crippen LogP contribution in [0.1, 0.15) is 10.5 Å². The molecule has 2 aromatic rings. The lowest BCUT2D eigenvalue weighted by atomic mass is 10.2. The van der Waals surface area contributed by atoms with Crippen molar-refractivity contribution in [2.24, 2.45) is 0 Å². The summed E-state index contributed by atoms with van der Waals surface area (Å²) in [5.41, 5.74) is 6.95. The third-order valence-electron chi connectivity index (χ3n) is 2.38. The first kappa shape index (κ1) is 13.4. The van der Waals surface area contributed by atoms with Crippen LogP contribution < -0.4 is 15.8 Å². The Bertz CT molecular complexity index is 599. The number of pyridine rings is 1. The van der Waals surface area contributed by atoms with Crippen LogP contribution in [-0.2, 0) is 0 Å². The summed E-state index contributed by atoms with van der Waals surface area (Å²) in [6.45, 7) is 0. The molecule has 0 unspecified atom stereocenters. The number of hydrogen-bond donors (Lipinski definition) is 2. The number of anilines is 2. The molecule has 19 heavy (non-hydrogen) atoms. The maximum absolute atomic E-state index is 12.0. The first-order valence-electron chi connectivity index (χ1n) is 5.46. The van der Waals surface area contributed by atoms with Crippen LogP contribution in [0.4, 0.5) is 11.4 Å². The van der Waals surface area contributed by atoms with E-state index < -0.39 is 0 Å². The molecule has 0 fully saturated rings. The smallest absolute Gasteiger partial charge is 0.274 e.